The van der Waals surface area contributed by atoms with Crippen LogP contribution in [0.15, 0.2) is 48.5 Å². The molecule has 1 heterocycles. The molecular weight excluding hydrogens is 360 g/mol. The fourth-order valence-electron chi connectivity index (χ4n) is 3.56. The monoisotopic (exact) mass is 388 g/mol. The van der Waals surface area contributed by atoms with Crippen molar-refractivity contribution in [3.05, 3.63) is 70.9 Å². The molecule has 3 N–H and O–H groups in total. The van der Waals surface area contributed by atoms with Gasteiger partial charge >= 0.3 is 5.97 Å². The molecule has 0 amide bonds. The molecule has 0 radical (unpaired) electrons. The molecule has 0 spiro atoms. The zero-order chi connectivity index (χ0) is 21.2. The van der Waals surface area contributed by atoms with Crippen LogP contribution < -0.4 is 5.73 Å². The lowest BCUT2D eigenvalue weighted by atomic mass is 9.85. The maximum Gasteiger partial charge on any atom is 0.328 e. The zero-order valence-corrected chi connectivity index (χ0v) is 17.5. The highest BCUT2D eigenvalue weighted by Crippen LogP contribution is 2.36. The number of hydrogen-bond donors (Lipinski definition) is 2. The first-order valence-electron chi connectivity index (χ1n) is 9.81. The molecule has 150 valence electrons. The van der Waals surface area contributed by atoms with Crippen LogP contribution in [0.1, 0.15) is 43.2 Å². The zero-order valence-electron chi connectivity index (χ0n) is 17.5. The Morgan fingerprint density at radius 2 is 1.83 bits per heavy atom. The topological polar surface area (TPSA) is 76.2 Å². The second-order valence-corrected chi connectivity index (χ2v) is 8.67. The van der Waals surface area contributed by atoms with Crippen molar-refractivity contribution in [3.63, 3.8) is 0 Å². The molecule has 0 aliphatic carbocycles. The summed E-state index contributed by atoms with van der Waals surface area (Å²) >= 11 is 0. The van der Waals surface area contributed by atoms with E-state index >= 15 is 0 Å². The number of hydrogen-bond acceptors (Lipinski definition) is 3. The standard InChI is InChI=1S/C25H28N2O2/c1-16-5-9-18(10-6-16)24-19-13-17(8-12-23(28)29)7-11-21(19)27-22(20(24)15-26)14-25(2,3)4/h5-13H,14-15,26H2,1-4H3,(H,28,29). The van der Waals surface area contributed by atoms with Gasteiger partial charge < -0.3 is 10.8 Å². The van der Waals surface area contributed by atoms with Gasteiger partial charge in [0.1, 0.15) is 0 Å². The fraction of sp³-hybridized carbons (Fsp3) is 0.280. The van der Waals surface area contributed by atoms with Crippen molar-refractivity contribution in [1.82, 2.24) is 4.98 Å². The molecule has 0 bridgehead atoms. The molecule has 2 aromatic carbocycles. The Kier molecular flexibility index (Phi) is 5.85. The van der Waals surface area contributed by atoms with Gasteiger partial charge in [-0.05, 0) is 59.2 Å². The highest BCUT2D eigenvalue weighted by molar-refractivity contribution is 5.98. The highest BCUT2D eigenvalue weighted by Gasteiger charge is 2.20. The van der Waals surface area contributed by atoms with Gasteiger partial charge in [-0.2, -0.15) is 0 Å². The minimum Gasteiger partial charge on any atom is -0.478 e. The van der Waals surface area contributed by atoms with Gasteiger partial charge in [0.2, 0.25) is 0 Å². The lowest BCUT2D eigenvalue weighted by Crippen LogP contribution is -2.15. The molecule has 3 aromatic rings. The number of carboxylic acids is 1. The van der Waals surface area contributed by atoms with E-state index in [0.29, 0.717) is 6.54 Å². The maximum absolute atomic E-state index is 10.9. The number of rotatable bonds is 5. The molecule has 29 heavy (non-hydrogen) atoms. The normalized spacial score (nSPS) is 12.0. The second-order valence-electron chi connectivity index (χ2n) is 8.67. The van der Waals surface area contributed by atoms with Crippen molar-refractivity contribution in [3.8, 4) is 11.1 Å². The maximum atomic E-state index is 10.9. The number of aliphatic carboxylic acids is 1. The predicted octanol–water partition coefficient (Wildman–Crippen LogP) is 5.36. The van der Waals surface area contributed by atoms with Crippen LogP contribution in [0.5, 0.6) is 0 Å². The van der Waals surface area contributed by atoms with E-state index in [1.54, 1.807) is 6.08 Å². The van der Waals surface area contributed by atoms with E-state index in [4.69, 9.17) is 15.8 Å². The van der Waals surface area contributed by atoms with E-state index in [-0.39, 0.29) is 5.41 Å². The SMILES string of the molecule is Cc1ccc(-c2c(CN)c(CC(C)(C)C)nc3ccc(C=CC(=O)O)cc23)cc1. The van der Waals surface area contributed by atoms with Crippen LogP contribution in [0.2, 0.25) is 0 Å². The summed E-state index contributed by atoms with van der Waals surface area (Å²) in [5, 5.41) is 9.94. The smallest absolute Gasteiger partial charge is 0.328 e. The molecule has 4 nitrogen and oxygen atoms in total. The number of nitrogens with two attached hydrogens (primary N) is 1. The summed E-state index contributed by atoms with van der Waals surface area (Å²) < 4.78 is 0. The number of aromatic nitrogens is 1. The molecule has 0 saturated carbocycles. The number of carboxylic acid groups (broad SMARTS) is 1. The van der Waals surface area contributed by atoms with Crippen LogP contribution in [-0.4, -0.2) is 16.1 Å². The van der Waals surface area contributed by atoms with Crippen LogP contribution in [-0.2, 0) is 17.8 Å². The van der Waals surface area contributed by atoms with Crippen molar-refractivity contribution >= 4 is 22.9 Å². The Bertz CT molecular complexity index is 1070. The van der Waals surface area contributed by atoms with Gasteiger partial charge in [0.05, 0.1) is 5.52 Å². The number of carbonyl (C=O) groups is 1. The fourth-order valence-corrected chi connectivity index (χ4v) is 3.56. The molecule has 1 aromatic heterocycles. The molecule has 0 saturated heterocycles. The van der Waals surface area contributed by atoms with Gasteiger partial charge in [0.25, 0.3) is 0 Å². The van der Waals surface area contributed by atoms with E-state index in [0.717, 1.165) is 51.3 Å². The van der Waals surface area contributed by atoms with Gasteiger partial charge in [-0.25, -0.2) is 4.79 Å². The van der Waals surface area contributed by atoms with Crippen LogP contribution in [0, 0.1) is 12.3 Å². The van der Waals surface area contributed by atoms with Crippen molar-refractivity contribution < 1.29 is 9.90 Å². The van der Waals surface area contributed by atoms with E-state index in [1.807, 2.05) is 18.2 Å². The summed E-state index contributed by atoms with van der Waals surface area (Å²) in [6.07, 6.45) is 3.58. The summed E-state index contributed by atoms with van der Waals surface area (Å²) in [6, 6.07) is 14.3. The van der Waals surface area contributed by atoms with Gasteiger partial charge in [0, 0.05) is 23.7 Å². The van der Waals surface area contributed by atoms with E-state index in [2.05, 4.69) is 52.0 Å². The van der Waals surface area contributed by atoms with Gasteiger partial charge in [-0.15, -0.1) is 0 Å². The Hall–Kier alpha value is -2.98. The number of nitrogens with zero attached hydrogens (tertiary/aromatic N) is 1. The number of fused-ring (bicyclic) bond motifs is 1. The summed E-state index contributed by atoms with van der Waals surface area (Å²) in [5.74, 6) is -0.967. The first kappa shape index (κ1) is 20.7. The number of pyridine rings is 1. The van der Waals surface area contributed by atoms with E-state index < -0.39 is 5.97 Å². The third kappa shape index (κ3) is 4.90. The van der Waals surface area contributed by atoms with Crippen molar-refractivity contribution in [2.24, 2.45) is 11.1 Å². The molecule has 0 aliphatic rings. The van der Waals surface area contributed by atoms with Gasteiger partial charge in [-0.3, -0.25) is 4.98 Å². The molecule has 4 heteroatoms. The third-order valence-electron chi connectivity index (χ3n) is 4.86. The van der Waals surface area contributed by atoms with E-state index in [1.165, 1.54) is 5.56 Å². The molecule has 3 rings (SSSR count). The Balaban J connectivity index is 2.33. The van der Waals surface area contributed by atoms with Crippen LogP contribution in [0.25, 0.3) is 28.1 Å². The van der Waals surface area contributed by atoms with Crippen molar-refractivity contribution in [2.45, 2.75) is 40.7 Å². The average molecular weight is 389 g/mol. The van der Waals surface area contributed by atoms with Crippen molar-refractivity contribution in [2.75, 3.05) is 0 Å². The van der Waals surface area contributed by atoms with Gasteiger partial charge in [0.15, 0.2) is 0 Å². The Labute approximate surface area is 172 Å². The summed E-state index contributed by atoms with van der Waals surface area (Å²) in [6.45, 7) is 9.06. The van der Waals surface area contributed by atoms with E-state index in [9.17, 15) is 4.79 Å². The first-order valence-corrected chi connectivity index (χ1v) is 9.81. The second kappa shape index (κ2) is 8.18. The Morgan fingerprint density at radius 3 is 2.41 bits per heavy atom. The summed E-state index contributed by atoms with van der Waals surface area (Å²) in [7, 11) is 0. The summed E-state index contributed by atoms with van der Waals surface area (Å²) in [4.78, 5) is 15.9. The quantitative estimate of drug-likeness (QED) is 0.577. The third-order valence-corrected chi connectivity index (χ3v) is 4.86. The minimum atomic E-state index is -0.967. The van der Waals surface area contributed by atoms with Crippen LogP contribution >= 0.6 is 0 Å². The molecule has 0 fully saturated rings. The lowest BCUT2D eigenvalue weighted by molar-refractivity contribution is -0.131. The molecule has 0 unspecified atom stereocenters. The number of aryl methyl sites for hydroxylation is 1. The lowest BCUT2D eigenvalue weighted by Gasteiger charge is -2.23. The van der Waals surface area contributed by atoms with Crippen molar-refractivity contribution in [1.29, 1.82) is 0 Å². The minimum absolute atomic E-state index is 0.0826. The van der Waals surface area contributed by atoms with Gasteiger partial charge in [-0.1, -0.05) is 56.7 Å². The summed E-state index contributed by atoms with van der Waals surface area (Å²) in [5.41, 5.74) is 13.5. The number of benzene rings is 2. The Morgan fingerprint density at radius 1 is 1.14 bits per heavy atom. The molecular formula is C25H28N2O2. The molecule has 0 atom stereocenters. The predicted molar refractivity (Wildman–Crippen MR) is 120 cm³/mol. The first-order chi connectivity index (χ1) is 13.7. The average Bonchev–Trinajstić information content (AvgIpc) is 2.65. The van der Waals surface area contributed by atoms with Crippen LogP contribution in [0.3, 0.4) is 0 Å². The van der Waals surface area contributed by atoms with Crippen LogP contribution in [0.4, 0.5) is 0 Å². The molecule has 0 aliphatic heterocycles. The largest absolute Gasteiger partial charge is 0.478 e. The highest BCUT2D eigenvalue weighted by atomic mass is 16.4.